The quantitative estimate of drug-likeness (QED) is 0.246. The molecule has 4 heterocycles. The number of fused-ring (bicyclic) bond motifs is 2. The highest BCUT2D eigenvalue weighted by Crippen LogP contribution is 2.36. The third-order valence-electron chi connectivity index (χ3n) is 7.86. The van der Waals surface area contributed by atoms with Gasteiger partial charge in [-0.15, -0.1) is 0 Å². The fourth-order valence-corrected chi connectivity index (χ4v) is 5.35. The first-order valence-electron chi connectivity index (χ1n) is 14.2. The second-order valence-electron chi connectivity index (χ2n) is 10.8. The SMILES string of the molecule is O=c1c(-c2ccc(F)cc2)nc2cccnc2n1C1CCC1.O=c1c(-c2cccc(F)c2)nc2cccnc2n1C1CC1. The van der Waals surface area contributed by atoms with Crippen LogP contribution in [0.5, 0.6) is 0 Å². The molecular weight excluding hydrogens is 550 g/mol. The number of benzene rings is 2. The summed E-state index contributed by atoms with van der Waals surface area (Å²) < 4.78 is 30.0. The lowest BCUT2D eigenvalue weighted by atomic mass is 9.92. The maximum atomic E-state index is 13.4. The van der Waals surface area contributed by atoms with Gasteiger partial charge in [-0.1, -0.05) is 12.1 Å². The summed E-state index contributed by atoms with van der Waals surface area (Å²) in [5.41, 5.74) is 3.99. The summed E-state index contributed by atoms with van der Waals surface area (Å²) >= 11 is 0. The Balaban J connectivity index is 0.000000140. The first kappa shape index (κ1) is 26.8. The molecule has 2 aliphatic rings. The highest BCUT2D eigenvalue weighted by Gasteiger charge is 2.29. The number of hydrogen-bond donors (Lipinski definition) is 0. The van der Waals surface area contributed by atoms with E-state index in [0.29, 0.717) is 39.1 Å². The molecule has 8 rings (SSSR count). The molecule has 43 heavy (non-hydrogen) atoms. The van der Waals surface area contributed by atoms with Gasteiger partial charge in [-0.05, 0) is 92.8 Å². The lowest BCUT2D eigenvalue weighted by Gasteiger charge is -2.28. The van der Waals surface area contributed by atoms with Crippen LogP contribution < -0.4 is 11.1 Å². The molecule has 10 heteroatoms. The molecule has 0 amide bonds. The van der Waals surface area contributed by atoms with Crippen LogP contribution in [0.4, 0.5) is 8.78 Å². The van der Waals surface area contributed by atoms with E-state index in [4.69, 9.17) is 0 Å². The van der Waals surface area contributed by atoms with Crippen LogP contribution in [0, 0.1) is 11.6 Å². The van der Waals surface area contributed by atoms with Crippen molar-refractivity contribution in [3.05, 3.63) is 118 Å². The summed E-state index contributed by atoms with van der Waals surface area (Å²) in [5.74, 6) is -0.705. The van der Waals surface area contributed by atoms with Crippen LogP contribution in [-0.4, -0.2) is 29.1 Å². The maximum Gasteiger partial charge on any atom is 0.278 e. The molecule has 0 aliphatic heterocycles. The number of halogens is 2. The van der Waals surface area contributed by atoms with E-state index in [1.807, 2.05) is 12.1 Å². The smallest absolute Gasteiger partial charge is 0.278 e. The Hall–Kier alpha value is -5.12. The molecule has 2 aliphatic carbocycles. The molecular formula is C33H26F2N6O2. The molecule has 214 valence electrons. The Morgan fingerprint density at radius 3 is 1.67 bits per heavy atom. The number of hydrogen-bond acceptors (Lipinski definition) is 6. The second-order valence-corrected chi connectivity index (χ2v) is 10.8. The van der Waals surface area contributed by atoms with Gasteiger partial charge in [0.05, 0.1) is 0 Å². The van der Waals surface area contributed by atoms with E-state index in [1.54, 1.807) is 57.9 Å². The predicted octanol–water partition coefficient (Wildman–Crippen LogP) is 6.26. The molecule has 0 unspecified atom stereocenters. The highest BCUT2D eigenvalue weighted by molar-refractivity contribution is 5.75. The zero-order valence-corrected chi connectivity index (χ0v) is 23.0. The van der Waals surface area contributed by atoms with Gasteiger partial charge in [0, 0.05) is 35.6 Å². The number of rotatable bonds is 4. The fourth-order valence-electron chi connectivity index (χ4n) is 5.35. The van der Waals surface area contributed by atoms with E-state index < -0.39 is 0 Å². The summed E-state index contributed by atoms with van der Waals surface area (Å²) in [5, 5.41) is 0. The Bertz CT molecular complexity index is 2100. The van der Waals surface area contributed by atoms with Crippen molar-refractivity contribution in [1.82, 2.24) is 29.1 Å². The van der Waals surface area contributed by atoms with Crippen molar-refractivity contribution < 1.29 is 8.78 Å². The standard InChI is InChI=1S/C17H14FN3O.C16H12FN3O/c18-12-8-6-11(7-9-12)15-17(22)21(13-3-1-4-13)16-14(20-15)5-2-10-19-16;17-11-4-1-3-10(9-11)14-16(21)20(12-6-7-12)15-13(19-14)5-2-8-18-15/h2,5-10,13H,1,3-4H2;1-5,8-9,12H,6-7H2. The van der Waals surface area contributed by atoms with Gasteiger partial charge in [0.25, 0.3) is 11.1 Å². The van der Waals surface area contributed by atoms with Gasteiger partial charge in [0.2, 0.25) is 0 Å². The van der Waals surface area contributed by atoms with E-state index in [1.165, 1.54) is 24.3 Å². The lowest BCUT2D eigenvalue weighted by Crippen LogP contribution is -2.31. The monoisotopic (exact) mass is 576 g/mol. The van der Waals surface area contributed by atoms with Gasteiger partial charge in [-0.3, -0.25) is 18.7 Å². The summed E-state index contributed by atoms with van der Waals surface area (Å²) in [6, 6.07) is 19.5. The van der Waals surface area contributed by atoms with Crippen LogP contribution >= 0.6 is 0 Å². The first-order valence-corrected chi connectivity index (χ1v) is 14.2. The Kier molecular flexibility index (Phi) is 6.81. The Labute approximate surface area is 244 Å². The van der Waals surface area contributed by atoms with Crippen LogP contribution in [0.25, 0.3) is 44.8 Å². The van der Waals surface area contributed by atoms with Crippen molar-refractivity contribution in [1.29, 1.82) is 0 Å². The molecule has 2 fully saturated rings. The average Bonchev–Trinajstić information content (AvgIpc) is 3.83. The molecule has 0 atom stereocenters. The molecule has 6 aromatic rings. The zero-order chi connectivity index (χ0) is 29.5. The van der Waals surface area contributed by atoms with Crippen LogP contribution in [0.1, 0.15) is 44.2 Å². The normalized spacial score (nSPS) is 14.7. The number of aromatic nitrogens is 6. The second kappa shape index (κ2) is 10.9. The van der Waals surface area contributed by atoms with Crippen LogP contribution in [-0.2, 0) is 0 Å². The van der Waals surface area contributed by atoms with Gasteiger partial charge in [0.15, 0.2) is 11.3 Å². The highest BCUT2D eigenvalue weighted by atomic mass is 19.1. The van der Waals surface area contributed by atoms with E-state index in [2.05, 4.69) is 19.9 Å². The fraction of sp³-hybridized carbons (Fsp3) is 0.212. The van der Waals surface area contributed by atoms with Crippen molar-refractivity contribution in [3.8, 4) is 22.5 Å². The Morgan fingerprint density at radius 1 is 0.605 bits per heavy atom. The molecule has 0 bridgehead atoms. The molecule has 4 aromatic heterocycles. The van der Waals surface area contributed by atoms with Crippen molar-refractivity contribution in [2.24, 2.45) is 0 Å². The largest absolute Gasteiger partial charge is 0.286 e. The lowest BCUT2D eigenvalue weighted by molar-refractivity contribution is 0.313. The summed E-state index contributed by atoms with van der Waals surface area (Å²) in [6.45, 7) is 0. The first-order chi connectivity index (χ1) is 21.0. The molecule has 0 spiro atoms. The van der Waals surface area contributed by atoms with Gasteiger partial charge in [0.1, 0.15) is 34.1 Å². The van der Waals surface area contributed by atoms with E-state index in [9.17, 15) is 18.4 Å². The molecule has 8 nitrogen and oxygen atoms in total. The summed E-state index contributed by atoms with van der Waals surface area (Å²) in [6.07, 6.45) is 8.37. The van der Waals surface area contributed by atoms with E-state index >= 15 is 0 Å². The zero-order valence-electron chi connectivity index (χ0n) is 23.0. The van der Waals surface area contributed by atoms with Crippen molar-refractivity contribution in [3.63, 3.8) is 0 Å². The van der Waals surface area contributed by atoms with Crippen LogP contribution in [0.2, 0.25) is 0 Å². The minimum Gasteiger partial charge on any atom is -0.286 e. The molecule has 0 saturated heterocycles. The van der Waals surface area contributed by atoms with Crippen LogP contribution in [0.15, 0.2) is 94.8 Å². The van der Waals surface area contributed by atoms with E-state index in [-0.39, 0.29) is 40.5 Å². The average molecular weight is 577 g/mol. The van der Waals surface area contributed by atoms with Gasteiger partial charge in [-0.2, -0.15) is 0 Å². The third kappa shape index (κ3) is 5.09. The minimum absolute atomic E-state index is 0.150. The van der Waals surface area contributed by atoms with Gasteiger partial charge < -0.3 is 0 Å². The van der Waals surface area contributed by atoms with Gasteiger partial charge in [-0.25, -0.2) is 28.7 Å². The molecule has 2 aromatic carbocycles. The minimum atomic E-state index is -0.377. The van der Waals surface area contributed by atoms with Crippen molar-refractivity contribution in [2.75, 3.05) is 0 Å². The number of nitrogens with zero attached hydrogens (tertiary/aromatic N) is 6. The number of pyridine rings is 2. The van der Waals surface area contributed by atoms with Crippen molar-refractivity contribution in [2.45, 2.75) is 44.2 Å². The molecule has 2 saturated carbocycles. The van der Waals surface area contributed by atoms with Crippen molar-refractivity contribution >= 4 is 22.3 Å². The maximum absolute atomic E-state index is 13.4. The molecule has 0 N–H and O–H groups in total. The Morgan fingerprint density at radius 2 is 1.16 bits per heavy atom. The predicted molar refractivity (Wildman–Crippen MR) is 160 cm³/mol. The third-order valence-corrected chi connectivity index (χ3v) is 7.86. The van der Waals surface area contributed by atoms with Crippen LogP contribution in [0.3, 0.4) is 0 Å². The summed E-state index contributed by atoms with van der Waals surface area (Å²) in [4.78, 5) is 43.1. The topological polar surface area (TPSA) is 95.6 Å². The molecule has 0 radical (unpaired) electrons. The summed E-state index contributed by atoms with van der Waals surface area (Å²) in [7, 11) is 0. The van der Waals surface area contributed by atoms with Gasteiger partial charge >= 0.3 is 0 Å². The van der Waals surface area contributed by atoms with E-state index in [0.717, 1.165) is 32.1 Å².